The summed E-state index contributed by atoms with van der Waals surface area (Å²) in [6.45, 7) is 2.48. The minimum Gasteiger partial charge on any atom is -0.493 e. The number of ether oxygens (including phenoxy) is 3. The van der Waals surface area contributed by atoms with Gasteiger partial charge in [-0.3, -0.25) is 9.69 Å². The van der Waals surface area contributed by atoms with E-state index in [1.165, 1.54) is 16.7 Å². The number of carbonyl (C=O) groups excluding carboxylic acids is 2. The molecule has 7 nitrogen and oxygen atoms in total. The molecule has 202 valence electrons. The van der Waals surface area contributed by atoms with Crippen molar-refractivity contribution in [3.05, 3.63) is 107 Å². The normalized spacial score (nSPS) is 15.2. The van der Waals surface area contributed by atoms with Crippen molar-refractivity contribution in [3.8, 4) is 11.5 Å². The van der Waals surface area contributed by atoms with Crippen LogP contribution in [-0.4, -0.2) is 42.7 Å². The third-order valence-electron chi connectivity index (χ3n) is 6.36. The number of rotatable bonds is 8. The van der Waals surface area contributed by atoms with Crippen LogP contribution in [0, 0.1) is 0 Å². The van der Waals surface area contributed by atoms with E-state index in [0.717, 1.165) is 21.9 Å². The van der Waals surface area contributed by atoms with Gasteiger partial charge in [-0.25, -0.2) is 9.79 Å². The Labute approximate surface area is 237 Å². The summed E-state index contributed by atoms with van der Waals surface area (Å²) in [6.07, 6.45) is 1.81. The smallest absolute Gasteiger partial charge is 0.338 e. The summed E-state index contributed by atoms with van der Waals surface area (Å²) in [5.74, 6) is 0.666. The van der Waals surface area contributed by atoms with Crippen LogP contribution in [0.4, 0.5) is 5.69 Å². The summed E-state index contributed by atoms with van der Waals surface area (Å²) in [5.41, 5.74) is 2.97. The second-order valence-electron chi connectivity index (χ2n) is 8.97. The van der Waals surface area contributed by atoms with Crippen LogP contribution in [0.3, 0.4) is 0 Å². The topological polar surface area (TPSA) is 77.4 Å². The fourth-order valence-corrected chi connectivity index (χ4v) is 5.25. The Morgan fingerprint density at radius 1 is 0.975 bits per heavy atom. The van der Waals surface area contributed by atoms with E-state index in [9.17, 15) is 9.59 Å². The highest BCUT2D eigenvalue weighted by Gasteiger charge is 2.30. The van der Waals surface area contributed by atoms with Gasteiger partial charge >= 0.3 is 5.97 Å². The van der Waals surface area contributed by atoms with Crippen LogP contribution in [0.15, 0.2) is 94.8 Å². The molecule has 0 aromatic heterocycles. The van der Waals surface area contributed by atoms with Gasteiger partial charge in [-0.15, -0.1) is 0 Å². The Morgan fingerprint density at radius 2 is 1.75 bits per heavy atom. The van der Waals surface area contributed by atoms with Crippen LogP contribution in [0.25, 0.3) is 16.8 Å². The number of methoxy groups -OCH3 is 1. The van der Waals surface area contributed by atoms with Crippen LogP contribution in [-0.2, 0) is 16.1 Å². The lowest BCUT2D eigenvalue weighted by molar-refractivity contribution is -0.121. The first-order valence-corrected chi connectivity index (χ1v) is 13.6. The van der Waals surface area contributed by atoms with E-state index in [4.69, 9.17) is 14.2 Å². The van der Waals surface area contributed by atoms with Gasteiger partial charge in [-0.1, -0.05) is 48.5 Å². The highest BCUT2D eigenvalue weighted by Crippen LogP contribution is 2.35. The highest BCUT2D eigenvalue weighted by molar-refractivity contribution is 8.18. The van der Waals surface area contributed by atoms with Crippen molar-refractivity contribution in [2.45, 2.75) is 13.5 Å². The second-order valence-corrected chi connectivity index (χ2v) is 9.98. The first-order chi connectivity index (χ1) is 19.5. The molecule has 0 atom stereocenters. The first kappa shape index (κ1) is 27.0. The predicted molar refractivity (Wildman–Crippen MR) is 159 cm³/mol. The zero-order valence-electron chi connectivity index (χ0n) is 22.4. The number of amidine groups is 1. The van der Waals surface area contributed by atoms with Gasteiger partial charge in [-0.2, -0.15) is 0 Å². The van der Waals surface area contributed by atoms with Gasteiger partial charge in [0, 0.05) is 7.05 Å². The van der Waals surface area contributed by atoms with Gasteiger partial charge in [-0.05, 0) is 83.1 Å². The molecule has 1 aliphatic rings. The van der Waals surface area contributed by atoms with E-state index in [1.807, 2.05) is 42.5 Å². The van der Waals surface area contributed by atoms with Crippen LogP contribution in [0.2, 0.25) is 0 Å². The number of aliphatic imine (C=N–C) groups is 1. The second kappa shape index (κ2) is 12.1. The number of benzene rings is 4. The van der Waals surface area contributed by atoms with E-state index in [1.54, 1.807) is 45.3 Å². The number of amides is 1. The number of thioether (sulfide) groups is 1. The van der Waals surface area contributed by atoms with Crippen molar-refractivity contribution >= 4 is 51.3 Å². The standard InChI is InChI=1S/C32H28N2O5S/c1-4-38-31(36)23-13-15-25(16-14-23)33-32-34(2)30(35)29(40-32)19-21-12-17-27(28(18-21)37-3)39-20-24-10-7-9-22-8-5-6-11-26(22)24/h5-19H,4,20H2,1-3H3. The molecule has 1 fully saturated rings. The minimum atomic E-state index is -0.380. The average molecular weight is 553 g/mol. The Kier molecular flexibility index (Phi) is 8.17. The molecule has 1 saturated heterocycles. The van der Waals surface area contributed by atoms with Crippen molar-refractivity contribution in [2.24, 2.45) is 4.99 Å². The number of nitrogens with zero attached hydrogens (tertiary/aromatic N) is 2. The number of hydrogen-bond acceptors (Lipinski definition) is 7. The minimum absolute atomic E-state index is 0.151. The number of likely N-dealkylation sites (N-methyl/N-ethyl adjacent to an activating group) is 1. The molecule has 0 saturated carbocycles. The quantitative estimate of drug-likeness (QED) is 0.176. The SMILES string of the molecule is CCOC(=O)c1ccc(N=C2SC(=Cc3ccc(OCc4cccc5ccccc45)c(OC)c3)C(=O)N2C)cc1. The molecule has 5 rings (SSSR count). The zero-order valence-corrected chi connectivity index (χ0v) is 23.2. The average Bonchev–Trinajstić information content (AvgIpc) is 3.24. The summed E-state index contributed by atoms with van der Waals surface area (Å²) in [4.78, 5) is 31.5. The molecule has 0 spiro atoms. The Balaban J connectivity index is 1.31. The molecule has 8 heteroatoms. The van der Waals surface area contributed by atoms with Gasteiger partial charge in [0.05, 0.1) is 29.9 Å². The zero-order chi connectivity index (χ0) is 28.1. The maximum absolute atomic E-state index is 13.0. The van der Waals surface area contributed by atoms with Crippen LogP contribution in [0.1, 0.15) is 28.4 Å². The maximum Gasteiger partial charge on any atom is 0.338 e. The Bertz CT molecular complexity index is 1620. The monoisotopic (exact) mass is 552 g/mol. The number of carbonyl (C=O) groups is 2. The lowest BCUT2D eigenvalue weighted by Gasteiger charge is -2.13. The largest absolute Gasteiger partial charge is 0.493 e. The number of fused-ring (bicyclic) bond motifs is 1. The van der Waals surface area contributed by atoms with Crippen LogP contribution >= 0.6 is 11.8 Å². The molecular weight excluding hydrogens is 524 g/mol. The fraction of sp³-hybridized carbons (Fsp3) is 0.156. The van der Waals surface area contributed by atoms with E-state index >= 15 is 0 Å². The van der Waals surface area contributed by atoms with E-state index < -0.39 is 0 Å². The molecule has 40 heavy (non-hydrogen) atoms. The van der Waals surface area contributed by atoms with Gasteiger partial charge in [0.25, 0.3) is 5.91 Å². The van der Waals surface area contributed by atoms with Crippen molar-refractivity contribution in [2.75, 3.05) is 20.8 Å². The van der Waals surface area contributed by atoms with Gasteiger partial charge in [0.2, 0.25) is 0 Å². The molecule has 4 aromatic carbocycles. The van der Waals surface area contributed by atoms with Gasteiger partial charge in [0.1, 0.15) is 6.61 Å². The van der Waals surface area contributed by atoms with E-state index in [-0.39, 0.29) is 11.9 Å². The molecule has 0 bridgehead atoms. The predicted octanol–water partition coefficient (Wildman–Crippen LogP) is 6.84. The lowest BCUT2D eigenvalue weighted by Crippen LogP contribution is -2.23. The highest BCUT2D eigenvalue weighted by atomic mass is 32.2. The van der Waals surface area contributed by atoms with Crippen LogP contribution in [0.5, 0.6) is 11.5 Å². The summed E-state index contributed by atoms with van der Waals surface area (Å²) < 4.78 is 16.8. The summed E-state index contributed by atoms with van der Waals surface area (Å²) in [6, 6.07) is 26.7. The van der Waals surface area contributed by atoms with E-state index in [0.29, 0.717) is 46.0 Å². The summed E-state index contributed by atoms with van der Waals surface area (Å²) in [5, 5.41) is 2.86. The molecule has 4 aromatic rings. The summed E-state index contributed by atoms with van der Waals surface area (Å²) >= 11 is 1.29. The molecule has 1 amide bonds. The molecule has 0 radical (unpaired) electrons. The number of esters is 1. The Morgan fingerprint density at radius 3 is 2.52 bits per heavy atom. The van der Waals surface area contributed by atoms with Crippen molar-refractivity contribution < 1.29 is 23.8 Å². The van der Waals surface area contributed by atoms with Gasteiger partial charge in [0.15, 0.2) is 16.7 Å². The molecular formula is C32H28N2O5S. The molecule has 0 N–H and O–H groups in total. The lowest BCUT2D eigenvalue weighted by atomic mass is 10.1. The first-order valence-electron chi connectivity index (χ1n) is 12.8. The number of hydrogen-bond donors (Lipinski definition) is 0. The summed E-state index contributed by atoms with van der Waals surface area (Å²) in [7, 11) is 3.28. The Hall–Kier alpha value is -4.56. The molecule has 1 heterocycles. The fourth-order valence-electron chi connectivity index (χ4n) is 4.27. The van der Waals surface area contributed by atoms with Crippen LogP contribution < -0.4 is 9.47 Å². The van der Waals surface area contributed by atoms with E-state index in [2.05, 4.69) is 29.3 Å². The molecule has 0 aliphatic carbocycles. The van der Waals surface area contributed by atoms with Gasteiger partial charge < -0.3 is 14.2 Å². The third kappa shape index (κ3) is 5.87. The maximum atomic E-state index is 13.0. The van der Waals surface area contributed by atoms with Crippen molar-refractivity contribution in [1.82, 2.24) is 4.90 Å². The third-order valence-corrected chi connectivity index (χ3v) is 7.42. The van der Waals surface area contributed by atoms with Crippen molar-refractivity contribution in [1.29, 1.82) is 0 Å². The van der Waals surface area contributed by atoms with Crippen molar-refractivity contribution in [3.63, 3.8) is 0 Å². The molecule has 1 aliphatic heterocycles. The molecule has 0 unspecified atom stereocenters.